The monoisotopic (exact) mass is 952 g/mol. The van der Waals surface area contributed by atoms with Crippen molar-refractivity contribution in [2.24, 2.45) is 40.4 Å². The van der Waals surface area contributed by atoms with Crippen molar-refractivity contribution in [2.75, 3.05) is 45.8 Å². The van der Waals surface area contributed by atoms with Gasteiger partial charge in [0.15, 0.2) is 0 Å². The average Bonchev–Trinajstić information content (AvgIpc) is 3.67. The molecule has 5 heteroatoms. The van der Waals surface area contributed by atoms with E-state index in [0.717, 1.165) is 44.3 Å². The number of nitrogens with one attached hydrogen (secondary N) is 1. The molecular weight excluding hydrogens is 831 g/mol. The number of carbonyl (C=O) groups is 1. The SMILES string of the molecule is CCCCCCCCCCCCN(CCCCCCCCCCCC)CCN(CCCCCCCCCCCC)CCNC(=O)CCCC1CCC2C3C(O)CC4CCCCC4(C)C3CCC12C. The number of fused-ring (bicyclic) bond motifs is 5. The molecular formula is C63H121N3O2. The molecule has 0 spiro atoms. The van der Waals surface area contributed by atoms with Gasteiger partial charge in [-0.1, -0.05) is 221 Å². The molecule has 4 aliphatic rings. The summed E-state index contributed by atoms with van der Waals surface area (Å²) >= 11 is 0. The molecule has 0 radical (unpaired) electrons. The largest absolute Gasteiger partial charge is 0.393 e. The molecule has 8 atom stereocenters. The summed E-state index contributed by atoms with van der Waals surface area (Å²) < 4.78 is 0. The first-order chi connectivity index (χ1) is 33.3. The van der Waals surface area contributed by atoms with Crippen LogP contribution in [-0.2, 0) is 4.79 Å². The first kappa shape index (κ1) is 59.9. The Kier molecular flexibility index (Phi) is 32.0. The lowest BCUT2D eigenvalue weighted by Gasteiger charge is -2.62. The van der Waals surface area contributed by atoms with E-state index in [1.165, 1.54) is 277 Å². The van der Waals surface area contributed by atoms with Gasteiger partial charge in [0, 0.05) is 32.6 Å². The Morgan fingerprint density at radius 3 is 1.41 bits per heavy atom. The fourth-order valence-electron chi connectivity index (χ4n) is 15.2. The topological polar surface area (TPSA) is 55.8 Å². The molecule has 4 aliphatic carbocycles. The number of nitrogens with zero attached hydrogens (tertiary/aromatic N) is 2. The van der Waals surface area contributed by atoms with Crippen molar-refractivity contribution in [3.8, 4) is 0 Å². The number of aliphatic hydroxyl groups is 1. The number of hydrogen-bond donors (Lipinski definition) is 2. The van der Waals surface area contributed by atoms with E-state index in [4.69, 9.17) is 0 Å². The molecule has 0 aromatic rings. The van der Waals surface area contributed by atoms with Gasteiger partial charge >= 0.3 is 0 Å². The fourth-order valence-corrected chi connectivity index (χ4v) is 15.2. The summed E-state index contributed by atoms with van der Waals surface area (Å²) in [6.45, 7) is 20.0. The highest BCUT2D eigenvalue weighted by Crippen LogP contribution is 2.68. The van der Waals surface area contributed by atoms with Crippen LogP contribution in [0.5, 0.6) is 0 Å². The molecule has 2 N–H and O–H groups in total. The van der Waals surface area contributed by atoms with E-state index in [1.54, 1.807) is 0 Å². The zero-order valence-corrected chi connectivity index (χ0v) is 46.9. The van der Waals surface area contributed by atoms with E-state index in [-0.39, 0.29) is 12.0 Å². The molecule has 0 aliphatic heterocycles. The van der Waals surface area contributed by atoms with Gasteiger partial charge in [0.05, 0.1) is 6.10 Å². The van der Waals surface area contributed by atoms with Crippen LogP contribution in [0.25, 0.3) is 0 Å². The van der Waals surface area contributed by atoms with Crippen LogP contribution in [0.3, 0.4) is 0 Å². The molecule has 1 amide bonds. The molecule has 0 aromatic heterocycles. The third-order valence-corrected chi connectivity index (χ3v) is 19.7. The molecule has 4 saturated carbocycles. The Morgan fingerprint density at radius 1 is 0.485 bits per heavy atom. The number of amides is 1. The number of aliphatic hydroxyl groups excluding tert-OH is 1. The van der Waals surface area contributed by atoms with Crippen LogP contribution < -0.4 is 5.32 Å². The minimum atomic E-state index is -0.0906. The summed E-state index contributed by atoms with van der Waals surface area (Å²) in [5.41, 5.74) is 0.807. The Morgan fingerprint density at radius 2 is 0.926 bits per heavy atom. The van der Waals surface area contributed by atoms with Crippen LogP contribution in [0.15, 0.2) is 0 Å². The molecule has 4 fully saturated rings. The van der Waals surface area contributed by atoms with Crippen LogP contribution in [0.1, 0.15) is 304 Å². The van der Waals surface area contributed by atoms with E-state index in [0.29, 0.717) is 35.0 Å². The lowest BCUT2D eigenvalue weighted by molar-refractivity contribution is -0.162. The number of rotatable bonds is 43. The summed E-state index contributed by atoms with van der Waals surface area (Å²) in [5.74, 6) is 3.64. The maximum atomic E-state index is 13.4. The Balaban J connectivity index is 1.21. The molecule has 0 saturated heterocycles. The second-order valence-corrected chi connectivity index (χ2v) is 24.8. The second-order valence-electron chi connectivity index (χ2n) is 24.8. The van der Waals surface area contributed by atoms with Gasteiger partial charge < -0.3 is 20.2 Å². The van der Waals surface area contributed by atoms with E-state index in [2.05, 4.69) is 49.7 Å². The number of hydrogen-bond acceptors (Lipinski definition) is 4. The van der Waals surface area contributed by atoms with Gasteiger partial charge in [-0.3, -0.25) is 4.79 Å². The Bertz CT molecular complexity index is 1200. The van der Waals surface area contributed by atoms with Crippen molar-refractivity contribution >= 4 is 5.91 Å². The predicted molar refractivity (Wildman–Crippen MR) is 296 cm³/mol. The molecule has 400 valence electrons. The van der Waals surface area contributed by atoms with E-state index >= 15 is 0 Å². The summed E-state index contributed by atoms with van der Waals surface area (Å²) in [6.07, 6.45) is 56.6. The lowest BCUT2D eigenvalue weighted by atomic mass is 9.44. The lowest BCUT2D eigenvalue weighted by Crippen LogP contribution is -2.57. The molecule has 4 rings (SSSR count). The zero-order valence-electron chi connectivity index (χ0n) is 46.9. The van der Waals surface area contributed by atoms with Crippen molar-refractivity contribution in [1.82, 2.24) is 15.1 Å². The number of unbranched alkanes of at least 4 members (excludes halogenated alkanes) is 27. The first-order valence-corrected chi connectivity index (χ1v) is 31.7. The predicted octanol–water partition coefficient (Wildman–Crippen LogP) is 17.7. The van der Waals surface area contributed by atoms with Crippen LogP contribution in [-0.4, -0.2) is 72.7 Å². The smallest absolute Gasteiger partial charge is 0.220 e. The molecule has 0 aromatic carbocycles. The normalized spacial score (nSPS) is 26.9. The van der Waals surface area contributed by atoms with Gasteiger partial charge in [-0.15, -0.1) is 0 Å². The highest BCUT2D eigenvalue weighted by molar-refractivity contribution is 5.75. The quantitative estimate of drug-likeness (QED) is 0.0598. The van der Waals surface area contributed by atoms with Crippen molar-refractivity contribution in [1.29, 1.82) is 0 Å². The molecule has 0 bridgehead atoms. The standard InChI is InChI=1S/C63H121N3O2/c1-6-9-12-15-18-21-24-27-30-35-48-65(49-36-31-28-25-22-19-16-13-10-7-2)52-53-66(50-37-32-29-26-23-20-17-14-11-8-3)51-47-64-60(68)41-38-40-55-42-43-57-61-58(44-46-63(55,57)5)62(4)45-34-33-39-56(62)54-59(61)67/h55-59,61,67H,6-54H2,1-5H3,(H,64,68). The highest BCUT2D eigenvalue weighted by Gasteiger charge is 2.61. The van der Waals surface area contributed by atoms with E-state index in [1.807, 2.05) is 0 Å². The maximum Gasteiger partial charge on any atom is 0.220 e. The third-order valence-electron chi connectivity index (χ3n) is 19.7. The van der Waals surface area contributed by atoms with E-state index in [9.17, 15) is 9.90 Å². The van der Waals surface area contributed by atoms with Crippen molar-refractivity contribution < 1.29 is 9.90 Å². The summed E-state index contributed by atoms with van der Waals surface area (Å²) in [7, 11) is 0. The van der Waals surface area contributed by atoms with Crippen LogP contribution in [0, 0.1) is 40.4 Å². The second kappa shape index (κ2) is 36.3. The maximum absolute atomic E-state index is 13.4. The van der Waals surface area contributed by atoms with E-state index < -0.39 is 0 Å². The van der Waals surface area contributed by atoms with Crippen LogP contribution >= 0.6 is 0 Å². The molecule has 68 heavy (non-hydrogen) atoms. The van der Waals surface area contributed by atoms with Gasteiger partial charge in [0.1, 0.15) is 0 Å². The molecule has 5 nitrogen and oxygen atoms in total. The van der Waals surface area contributed by atoms with Gasteiger partial charge in [0.2, 0.25) is 5.91 Å². The first-order valence-electron chi connectivity index (χ1n) is 31.7. The summed E-state index contributed by atoms with van der Waals surface area (Å²) in [4.78, 5) is 19.0. The Labute approximate surface area is 425 Å². The highest BCUT2D eigenvalue weighted by atomic mass is 16.3. The van der Waals surface area contributed by atoms with Crippen LogP contribution in [0.4, 0.5) is 0 Å². The van der Waals surface area contributed by atoms with Gasteiger partial charge in [-0.2, -0.15) is 0 Å². The van der Waals surface area contributed by atoms with Gasteiger partial charge in [-0.05, 0) is 137 Å². The molecule has 0 heterocycles. The minimum absolute atomic E-state index is 0.0906. The summed E-state index contributed by atoms with van der Waals surface area (Å²) in [5, 5.41) is 15.1. The fraction of sp³-hybridized carbons (Fsp3) is 0.984. The minimum Gasteiger partial charge on any atom is -0.393 e. The zero-order chi connectivity index (χ0) is 48.6. The summed E-state index contributed by atoms with van der Waals surface area (Å²) in [6, 6.07) is 0. The molecule has 8 unspecified atom stereocenters. The van der Waals surface area contributed by atoms with Gasteiger partial charge in [0.25, 0.3) is 0 Å². The van der Waals surface area contributed by atoms with Gasteiger partial charge in [-0.25, -0.2) is 0 Å². The van der Waals surface area contributed by atoms with Crippen molar-refractivity contribution in [2.45, 2.75) is 310 Å². The average molecular weight is 953 g/mol. The van der Waals surface area contributed by atoms with Crippen molar-refractivity contribution in [3.05, 3.63) is 0 Å². The van der Waals surface area contributed by atoms with Crippen LogP contribution in [0.2, 0.25) is 0 Å². The number of carbonyl (C=O) groups excluding carboxylic acids is 1. The Hall–Kier alpha value is -0.650. The van der Waals surface area contributed by atoms with Crippen molar-refractivity contribution in [3.63, 3.8) is 0 Å². The third kappa shape index (κ3) is 21.8.